The number of phenolic OH excluding ortho intramolecular Hbond substituents is 1. The lowest BCUT2D eigenvalue weighted by Crippen LogP contribution is -1.84. The zero-order valence-electron chi connectivity index (χ0n) is 8.82. The first-order valence-electron chi connectivity index (χ1n) is 4.95. The smallest absolute Gasteiger partial charge is 0.125 e. The van der Waals surface area contributed by atoms with E-state index in [1.165, 1.54) is 5.56 Å². The van der Waals surface area contributed by atoms with E-state index in [9.17, 15) is 5.11 Å². The van der Waals surface area contributed by atoms with E-state index in [2.05, 4.69) is 11.9 Å². The van der Waals surface area contributed by atoms with Gasteiger partial charge >= 0.3 is 0 Å². The average Bonchev–Trinajstić information content (AvgIpc) is 2.65. The lowest BCUT2D eigenvalue weighted by Gasteiger charge is -2.03. The highest BCUT2D eigenvalue weighted by molar-refractivity contribution is 7.09. The number of phenols is 1. The van der Waals surface area contributed by atoms with Gasteiger partial charge in [0.15, 0.2) is 0 Å². The van der Waals surface area contributed by atoms with Gasteiger partial charge in [-0.05, 0) is 31.0 Å². The number of aromatic hydroxyl groups is 1. The molecular weight excluding hydrogens is 206 g/mol. The second kappa shape index (κ2) is 4.03. The van der Waals surface area contributed by atoms with Gasteiger partial charge < -0.3 is 5.11 Å². The SMILES string of the molecule is CCc1ccc(O)c(-c2csc(C)n2)c1. The normalized spacial score (nSPS) is 10.5. The molecule has 0 saturated carbocycles. The topological polar surface area (TPSA) is 33.1 Å². The molecule has 0 unspecified atom stereocenters. The second-order valence-electron chi connectivity index (χ2n) is 3.46. The molecule has 1 heterocycles. The highest BCUT2D eigenvalue weighted by atomic mass is 32.1. The Morgan fingerprint density at radius 2 is 2.20 bits per heavy atom. The number of thiazole rings is 1. The fraction of sp³-hybridized carbons (Fsp3) is 0.250. The maximum Gasteiger partial charge on any atom is 0.125 e. The van der Waals surface area contributed by atoms with Crippen molar-refractivity contribution in [2.45, 2.75) is 20.3 Å². The third kappa shape index (κ3) is 2.02. The van der Waals surface area contributed by atoms with Crippen molar-refractivity contribution in [3.63, 3.8) is 0 Å². The van der Waals surface area contributed by atoms with Crippen molar-refractivity contribution in [2.24, 2.45) is 0 Å². The predicted octanol–water partition coefficient (Wildman–Crippen LogP) is 3.39. The van der Waals surface area contributed by atoms with E-state index in [-0.39, 0.29) is 0 Å². The molecule has 15 heavy (non-hydrogen) atoms. The molecule has 0 aliphatic rings. The standard InChI is InChI=1S/C12H13NOS/c1-3-9-4-5-12(14)10(6-9)11-7-15-8(2)13-11/h4-7,14H,3H2,1-2H3. The van der Waals surface area contributed by atoms with E-state index in [0.717, 1.165) is 22.7 Å². The van der Waals surface area contributed by atoms with Crippen molar-refractivity contribution in [1.82, 2.24) is 4.98 Å². The summed E-state index contributed by atoms with van der Waals surface area (Å²) >= 11 is 1.60. The fourth-order valence-electron chi connectivity index (χ4n) is 1.50. The largest absolute Gasteiger partial charge is 0.507 e. The van der Waals surface area contributed by atoms with Crippen LogP contribution in [-0.4, -0.2) is 10.1 Å². The van der Waals surface area contributed by atoms with Crippen molar-refractivity contribution >= 4 is 11.3 Å². The third-order valence-electron chi connectivity index (χ3n) is 2.36. The summed E-state index contributed by atoms with van der Waals surface area (Å²) in [7, 11) is 0. The van der Waals surface area contributed by atoms with Crippen LogP contribution in [0.4, 0.5) is 0 Å². The lowest BCUT2D eigenvalue weighted by atomic mass is 10.1. The monoisotopic (exact) mass is 219 g/mol. The number of rotatable bonds is 2. The summed E-state index contributed by atoms with van der Waals surface area (Å²) in [5, 5.41) is 12.8. The number of hydrogen-bond donors (Lipinski definition) is 1. The average molecular weight is 219 g/mol. The van der Waals surface area contributed by atoms with Crippen LogP contribution in [0.15, 0.2) is 23.6 Å². The molecule has 0 fully saturated rings. The van der Waals surface area contributed by atoms with Gasteiger partial charge in [-0.15, -0.1) is 11.3 Å². The van der Waals surface area contributed by atoms with Gasteiger partial charge in [-0.2, -0.15) is 0 Å². The van der Waals surface area contributed by atoms with Gasteiger partial charge in [0.05, 0.1) is 10.7 Å². The fourth-order valence-corrected chi connectivity index (χ4v) is 2.11. The van der Waals surface area contributed by atoms with Gasteiger partial charge in [-0.3, -0.25) is 0 Å². The van der Waals surface area contributed by atoms with Gasteiger partial charge in [-0.1, -0.05) is 13.0 Å². The molecule has 3 heteroatoms. The highest BCUT2D eigenvalue weighted by Crippen LogP contribution is 2.30. The quantitative estimate of drug-likeness (QED) is 0.839. The number of aromatic nitrogens is 1. The Labute approximate surface area is 93.2 Å². The van der Waals surface area contributed by atoms with Crippen LogP contribution in [0.25, 0.3) is 11.3 Å². The molecule has 2 nitrogen and oxygen atoms in total. The van der Waals surface area contributed by atoms with Crippen molar-refractivity contribution in [1.29, 1.82) is 0 Å². The van der Waals surface area contributed by atoms with Gasteiger partial charge in [0.2, 0.25) is 0 Å². The zero-order valence-corrected chi connectivity index (χ0v) is 9.64. The molecular formula is C12H13NOS. The van der Waals surface area contributed by atoms with Crippen molar-refractivity contribution in [3.8, 4) is 17.0 Å². The van der Waals surface area contributed by atoms with Crippen LogP contribution in [-0.2, 0) is 6.42 Å². The molecule has 1 N–H and O–H groups in total. The Hall–Kier alpha value is -1.35. The first-order chi connectivity index (χ1) is 7.20. The van der Waals surface area contributed by atoms with Crippen molar-refractivity contribution < 1.29 is 5.11 Å². The Balaban J connectivity index is 2.51. The molecule has 0 amide bonds. The summed E-state index contributed by atoms with van der Waals surface area (Å²) in [6, 6.07) is 5.69. The Morgan fingerprint density at radius 1 is 1.40 bits per heavy atom. The lowest BCUT2D eigenvalue weighted by molar-refractivity contribution is 0.477. The summed E-state index contributed by atoms with van der Waals surface area (Å²) < 4.78 is 0. The molecule has 0 saturated heterocycles. The molecule has 1 aromatic heterocycles. The molecule has 0 aliphatic carbocycles. The maximum atomic E-state index is 9.76. The van der Waals surface area contributed by atoms with Gasteiger partial charge in [0.1, 0.15) is 5.75 Å². The van der Waals surface area contributed by atoms with Crippen LogP contribution >= 0.6 is 11.3 Å². The van der Waals surface area contributed by atoms with Gasteiger partial charge in [0, 0.05) is 10.9 Å². The molecule has 0 atom stereocenters. The predicted molar refractivity (Wildman–Crippen MR) is 63.3 cm³/mol. The Kier molecular flexibility index (Phi) is 2.73. The number of benzene rings is 1. The minimum Gasteiger partial charge on any atom is -0.507 e. The van der Waals surface area contributed by atoms with E-state index in [0.29, 0.717) is 5.75 Å². The summed E-state index contributed by atoms with van der Waals surface area (Å²) in [6.07, 6.45) is 0.969. The number of nitrogens with zero attached hydrogens (tertiary/aromatic N) is 1. The van der Waals surface area contributed by atoms with E-state index >= 15 is 0 Å². The summed E-state index contributed by atoms with van der Waals surface area (Å²) in [6.45, 7) is 4.07. The zero-order chi connectivity index (χ0) is 10.8. The second-order valence-corrected chi connectivity index (χ2v) is 4.52. The summed E-state index contributed by atoms with van der Waals surface area (Å²) in [5.41, 5.74) is 2.91. The Bertz CT molecular complexity index is 476. The van der Waals surface area contributed by atoms with Crippen LogP contribution in [0.1, 0.15) is 17.5 Å². The maximum absolute atomic E-state index is 9.76. The highest BCUT2D eigenvalue weighted by Gasteiger charge is 2.07. The minimum atomic E-state index is 0.303. The molecule has 0 spiro atoms. The van der Waals surface area contributed by atoms with E-state index in [1.807, 2.05) is 24.4 Å². The van der Waals surface area contributed by atoms with E-state index in [4.69, 9.17) is 0 Å². The molecule has 0 bridgehead atoms. The number of aryl methyl sites for hydroxylation is 2. The van der Waals surface area contributed by atoms with Crippen LogP contribution in [0.5, 0.6) is 5.75 Å². The third-order valence-corrected chi connectivity index (χ3v) is 3.14. The van der Waals surface area contributed by atoms with Crippen LogP contribution in [0.2, 0.25) is 0 Å². The van der Waals surface area contributed by atoms with Crippen LogP contribution < -0.4 is 0 Å². The van der Waals surface area contributed by atoms with Crippen LogP contribution in [0, 0.1) is 6.92 Å². The molecule has 2 aromatic rings. The van der Waals surface area contributed by atoms with Crippen LogP contribution in [0.3, 0.4) is 0 Å². The molecule has 0 aliphatic heterocycles. The molecule has 2 rings (SSSR count). The summed E-state index contributed by atoms with van der Waals surface area (Å²) in [4.78, 5) is 4.38. The molecule has 78 valence electrons. The van der Waals surface area contributed by atoms with E-state index in [1.54, 1.807) is 17.4 Å². The van der Waals surface area contributed by atoms with Crippen molar-refractivity contribution in [2.75, 3.05) is 0 Å². The van der Waals surface area contributed by atoms with Gasteiger partial charge in [-0.25, -0.2) is 4.98 Å². The molecule has 0 radical (unpaired) electrons. The first kappa shape index (κ1) is 10.2. The van der Waals surface area contributed by atoms with E-state index < -0.39 is 0 Å². The first-order valence-corrected chi connectivity index (χ1v) is 5.83. The summed E-state index contributed by atoms with van der Waals surface area (Å²) in [5.74, 6) is 0.303. The molecule has 1 aromatic carbocycles. The van der Waals surface area contributed by atoms with Gasteiger partial charge in [0.25, 0.3) is 0 Å². The number of hydrogen-bond acceptors (Lipinski definition) is 3. The van der Waals surface area contributed by atoms with Crippen molar-refractivity contribution in [3.05, 3.63) is 34.2 Å². The minimum absolute atomic E-state index is 0.303. The Morgan fingerprint density at radius 3 is 2.80 bits per heavy atom.